The summed E-state index contributed by atoms with van der Waals surface area (Å²) in [4.78, 5) is 11.4. The molecule has 16 heavy (non-hydrogen) atoms. The molecule has 0 spiro atoms. The van der Waals surface area contributed by atoms with Crippen molar-refractivity contribution in [2.45, 2.75) is 13.1 Å². The van der Waals surface area contributed by atoms with Crippen LogP contribution < -0.4 is 0 Å². The summed E-state index contributed by atoms with van der Waals surface area (Å²) in [6.45, 7) is 1.73. The Kier molecular flexibility index (Phi) is 4.17. The second-order valence-electron chi connectivity index (χ2n) is 2.89. The van der Waals surface area contributed by atoms with Crippen molar-refractivity contribution in [2.75, 3.05) is 6.61 Å². The lowest BCUT2D eigenvalue weighted by Crippen LogP contribution is -2.13. The van der Waals surface area contributed by atoms with Crippen molar-refractivity contribution in [1.82, 2.24) is 0 Å². The van der Waals surface area contributed by atoms with Gasteiger partial charge in [-0.3, -0.25) is 0 Å². The highest BCUT2D eigenvalue weighted by Crippen LogP contribution is 2.34. The Labute approximate surface area is 104 Å². The molecule has 0 aliphatic rings. The van der Waals surface area contributed by atoms with Gasteiger partial charge in [0.2, 0.25) is 0 Å². The van der Waals surface area contributed by atoms with E-state index in [1.54, 1.807) is 6.92 Å². The third-order valence-corrected chi connectivity index (χ3v) is 2.96. The van der Waals surface area contributed by atoms with E-state index in [9.17, 15) is 18.0 Å². The van der Waals surface area contributed by atoms with Crippen LogP contribution in [0, 0.1) is 3.57 Å². The molecule has 0 N–H and O–H groups in total. The highest BCUT2D eigenvalue weighted by Gasteiger charge is 2.34. The molecule has 0 bridgehead atoms. The SMILES string of the molecule is CCOC(=O)c1cccc(C(F)(F)F)c1I. The van der Waals surface area contributed by atoms with Crippen LogP contribution in [0.4, 0.5) is 13.2 Å². The maximum absolute atomic E-state index is 12.5. The van der Waals surface area contributed by atoms with E-state index in [4.69, 9.17) is 0 Å². The van der Waals surface area contributed by atoms with Crippen LogP contribution in [0.15, 0.2) is 18.2 Å². The molecular formula is C10H8F3IO2. The molecule has 0 aliphatic carbocycles. The van der Waals surface area contributed by atoms with Crippen molar-refractivity contribution in [2.24, 2.45) is 0 Å². The second-order valence-corrected chi connectivity index (χ2v) is 3.96. The largest absolute Gasteiger partial charge is 0.462 e. The minimum Gasteiger partial charge on any atom is -0.462 e. The minimum atomic E-state index is -4.46. The molecule has 0 atom stereocenters. The summed E-state index contributed by atoms with van der Waals surface area (Å²) in [5, 5.41) is 0. The number of carbonyl (C=O) groups is 1. The standard InChI is InChI=1S/C10H8F3IO2/c1-2-16-9(15)6-4-3-5-7(8(6)14)10(11,12)13/h3-5H,2H2,1H3. The maximum atomic E-state index is 12.5. The van der Waals surface area contributed by atoms with Crippen molar-refractivity contribution in [3.05, 3.63) is 32.9 Å². The molecule has 1 rings (SSSR count). The van der Waals surface area contributed by atoms with Gasteiger partial charge in [-0.15, -0.1) is 0 Å². The van der Waals surface area contributed by atoms with Crippen molar-refractivity contribution in [3.8, 4) is 0 Å². The molecule has 0 aromatic heterocycles. The number of halogens is 4. The first-order valence-electron chi connectivity index (χ1n) is 4.40. The first kappa shape index (κ1) is 13.3. The quantitative estimate of drug-likeness (QED) is 0.607. The summed E-state index contributed by atoms with van der Waals surface area (Å²) in [6, 6.07) is 3.44. The maximum Gasteiger partial charge on any atom is 0.417 e. The molecule has 1 aromatic rings. The summed E-state index contributed by atoms with van der Waals surface area (Å²) in [5.74, 6) is -0.738. The fraction of sp³-hybridized carbons (Fsp3) is 0.300. The van der Waals surface area contributed by atoms with Crippen molar-refractivity contribution in [1.29, 1.82) is 0 Å². The number of ether oxygens (including phenoxy) is 1. The molecule has 0 unspecified atom stereocenters. The molecule has 2 nitrogen and oxygen atoms in total. The van der Waals surface area contributed by atoms with Crippen molar-refractivity contribution in [3.63, 3.8) is 0 Å². The van der Waals surface area contributed by atoms with Crippen LogP contribution in [0.25, 0.3) is 0 Å². The van der Waals surface area contributed by atoms with Gasteiger partial charge in [0.25, 0.3) is 0 Å². The zero-order valence-electron chi connectivity index (χ0n) is 8.27. The first-order chi connectivity index (χ1) is 7.38. The van der Waals surface area contributed by atoms with E-state index in [2.05, 4.69) is 4.74 Å². The number of hydrogen-bond donors (Lipinski definition) is 0. The van der Waals surface area contributed by atoms with Crippen molar-refractivity contribution >= 4 is 28.6 Å². The zero-order valence-corrected chi connectivity index (χ0v) is 10.4. The Morgan fingerprint density at radius 2 is 2.06 bits per heavy atom. The zero-order chi connectivity index (χ0) is 12.3. The van der Waals surface area contributed by atoms with Gasteiger partial charge in [0.15, 0.2) is 0 Å². The number of alkyl halides is 3. The van der Waals surface area contributed by atoms with Crippen molar-refractivity contribution < 1.29 is 22.7 Å². The van der Waals surface area contributed by atoms with Gasteiger partial charge < -0.3 is 4.74 Å². The predicted octanol–water partition coefficient (Wildman–Crippen LogP) is 3.49. The smallest absolute Gasteiger partial charge is 0.417 e. The molecular weight excluding hydrogens is 336 g/mol. The molecule has 0 amide bonds. The topological polar surface area (TPSA) is 26.3 Å². The van der Waals surface area contributed by atoms with Crippen LogP contribution in [-0.4, -0.2) is 12.6 Å². The summed E-state index contributed by atoms with van der Waals surface area (Å²) >= 11 is 1.50. The average Bonchev–Trinajstić information content (AvgIpc) is 2.16. The van der Waals surface area contributed by atoms with Crippen LogP contribution in [0.2, 0.25) is 0 Å². The molecule has 0 heterocycles. The Bertz CT molecular complexity index is 402. The Hall–Kier alpha value is -0.790. The second kappa shape index (κ2) is 5.03. The number of hydrogen-bond acceptors (Lipinski definition) is 2. The predicted molar refractivity (Wildman–Crippen MR) is 60.1 cm³/mol. The van der Waals surface area contributed by atoms with Crippen LogP contribution in [-0.2, 0) is 10.9 Å². The highest BCUT2D eigenvalue weighted by atomic mass is 127. The van der Waals surface area contributed by atoms with Gasteiger partial charge in [-0.1, -0.05) is 6.07 Å². The molecule has 0 radical (unpaired) electrons. The first-order valence-corrected chi connectivity index (χ1v) is 5.48. The lowest BCUT2D eigenvalue weighted by atomic mass is 10.1. The minimum absolute atomic E-state index is 0.0581. The molecule has 6 heteroatoms. The average molecular weight is 344 g/mol. The van der Waals surface area contributed by atoms with E-state index in [0.29, 0.717) is 0 Å². The van der Waals surface area contributed by atoms with Gasteiger partial charge in [0.1, 0.15) is 0 Å². The Morgan fingerprint density at radius 3 is 2.56 bits per heavy atom. The molecule has 1 aromatic carbocycles. The van der Waals surface area contributed by atoms with E-state index >= 15 is 0 Å². The fourth-order valence-corrected chi connectivity index (χ4v) is 2.00. The number of rotatable bonds is 2. The van der Waals surface area contributed by atoms with Crippen LogP contribution in [0.1, 0.15) is 22.8 Å². The van der Waals surface area contributed by atoms with Gasteiger partial charge in [0, 0.05) is 3.57 Å². The molecule has 0 saturated heterocycles. The number of esters is 1. The van der Waals surface area contributed by atoms with E-state index in [0.717, 1.165) is 6.07 Å². The van der Waals surface area contributed by atoms with E-state index in [1.807, 2.05) is 0 Å². The Morgan fingerprint density at radius 1 is 1.44 bits per heavy atom. The van der Waals surface area contributed by atoms with E-state index < -0.39 is 17.7 Å². The van der Waals surface area contributed by atoms with E-state index in [1.165, 1.54) is 34.7 Å². The van der Waals surface area contributed by atoms with Gasteiger partial charge in [0.05, 0.1) is 17.7 Å². The lowest BCUT2D eigenvalue weighted by molar-refractivity contribution is -0.138. The Balaban J connectivity index is 3.19. The lowest BCUT2D eigenvalue weighted by Gasteiger charge is -2.11. The normalized spacial score (nSPS) is 11.3. The summed E-state index contributed by atoms with van der Waals surface area (Å²) in [6.07, 6.45) is -4.46. The van der Waals surface area contributed by atoms with E-state index in [-0.39, 0.29) is 15.7 Å². The number of benzene rings is 1. The van der Waals surface area contributed by atoms with Crippen LogP contribution in [0.3, 0.4) is 0 Å². The summed E-state index contributed by atoms with van der Waals surface area (Å²) < 4.78 is 42.1. The highest BCUT2D eigenvalue weighted by molar-refractivity contribution is 14.1. The van der Waals surface area contributed by atoms with Gasteiger partial charge in [-0.2, -0.15) is 13.2 Å². The monoisotopic (exact) mass is 344 g/mol. The number of carbonyl (C=O) groups excluding carboxylic acids is 1. The third-order valence-electron chi connectivity index (χ3n) is 1.80. The third kappa shape index (κ3) is 2.87. The van der Waals surface area contributed by atoms with Gasteiger partial charge in [-0.05, 0) is 41.6 Å². The molecule has 0 saturated carbocycles. The summed E-state index contributed by atoms with van der Waals surface area (Å²) in [5.41, 5.74) is -0.879. The molecule has 0 fully saturated rings. The van der Waals surface area contributed by atoms with Crippen LogP contribution in [0.5, 0.6) is 0 Å². The van der Waals surface area contributed by atoms with Gasteiger partial charge >= 0.3 is 12.1 Å². The van der Waals surface area contributed by atoms with Gasteiger partial charge in [-0.25, -0.2) is 4.79 Å². The summed E-state index contributed by atoms with van der Waals surface area (Å²) in [7, 11) is 0. The molecule has 0 aliphatic heterocycles. The fourth-order valence-electron chi connectivity index (χ4n) is 1.12. The van der Waals surface area contributed by atoms with Crippen LogP contribution >= 0.6 is 22.6 Å². The molecule has 88 valence electrons.